The molecule has 0 saturated heterocycles. The molecule has 0 aliphatic heterocycles. The van der Waals surface area contributed by atoms with Crippen molar-refractivity contribution in [1.82, 2.24) is 0 Å². The van der Waals surface area contributed by atoms with Gasteiger partial charge in [-0.05, 0) is 22.8 Å². The van der Waals surface area contributed by atoms with Crippen molar-refractivity contribution in [2.24, 2.45) is 5.11 Å². The number of halogens is 4. The molecule has 0 unspecified atom stereocenters. The van der Waals surface area contributed by atoms with Gasteiger partial charge >= 0.3 is 0 Å². The van der Waals surface area contributed by atoms with E-state index in [2.05, 4.69) is 21.0 Å². The molecule has 0 fully saturated rings. The van der Waals surface area contributed by atoms with E-state index in [-0.39, 0.29) is 27.1 Å². The first-order valence-electron chi connectivity index (χ1n) is 5.97. The van der Waals surface area contributed by atoms with Gasteiger partial charge in [0.05, 0.1) is 4.83 Å². The van der Waals surface area contributed by atoms with E-state index >= 15 is 0 Å². The molecule has 0 N–H and O–H groups in total. The van der Waals surface area contributed by atoms with Crippen LogP contribution in [-0.4, -0.2) is 11.4 Å². The normalized spacial score (nSPS) is 13.2. The van der Waals surface area contributed by atoms with Crippen LogP contribution >= 0.6 is 50.7 Å². The first-order valence-corrected chi connectivity index (χ1v) is 8.02. The summed E-state index contributed by atoms with van der Waals surface area (Å²) >= 11 is 21.3. The van der Waals surface area contributed by atoms with Gasteiger partial charge in [-0.2, -0.15) is 0 Å². The predicted molar refractivity (Wildman–Crippen MR) is 90.2 cm³/mol. The Labute approximate surface area is 145 Å². The van der Waals surface area contributed by atoms with Gasteiger partial charge in [0.25, 0.3) is 5.69 Å². The van der Waals surface area contributed by atoms with Crippen LogP contribution in [0.4, 0.5) is 5.69 Å². The summed E-state index contributed by atoms with van der Waals surface area (Å²) < 4.78 is 0. The summed E-state index contributed by atoms with van der Waals surface area (Å²) in [4.78, 5) is 0.359. The van der Waals surface area contributed by atoms with Gasteiger partial charge in [-0.25, -0.2) is 0 Å². The second-order valence-corrected chi connectivity index (χ2v) is 6.55. The van der Waals surface area contributed by atoms with Gasteiger partial charge in [-0.15, -0.1) is 0 Å². The maximum Gasteiger partial charge on any atom is 0.281 e. The van der Waals surface area contributed by atoms with E-state index in [1.807, 2.05) is 30.3 Å². The molecule has 0 bridgehead atoms. The van der Waals surface area contributed by atoms with E-state index in [9.17, 15) is 5.21 Å². The zero-order valence-corrected chi connectivity index (χ0v) is 14.5. The molecule has 0 aromatic heterocycles. The van der Waals surface area contributed by atoms with E-state index in [0.717, 1.165) is 5.56 Å². The number of hydrogen-bond donors (Lipinski definition) is 0. The molecule has 1 atom stereocenters. The highest BCUT2D eigenvalue weighted by Crippen LogP contribution is 2.36. The molecular formula is C14H10BrCl3N2O. The third kappa shape index (κ3) is 4.33. The Balaban J connectivity index is 2.19. The van der Waals surface area contributed by atoms with Gasteiger partial charge in [-0.3, -0.25) is 0 Å². The Morgan fingerprint density at radius 3 is 2.24 bits per heavy atom. The average molecular weight is 409 g/mol. The largest absolute Gasteiger partial charge is 0.594 e. The topological polar surface area (TPSA) is 38.4 Å². The lowest BCUT2D eigenvalue weighted by atomic mass is 10.1. The van der Waals surface area contributed by atoms with Crippen molar-refractivity contribution in [3.8, 4) is 0 Å². The molecule has 0 aliphatic rings. The SMILES string of the molecule is [O-][N+](=NC[C@H](Br)c1ccccc1)c1c(Cl)cc(Cl)cc1Cl. The second kappa shape index (κ2) is 7.45. The highest BCUT2D eigenvalue weighted by Gasteiger charge is 2.18. The lowest BCUT2D eigenvalue weighted by Gasteiger charge is -2.07. The fourth-order valence-corrected chi connectivity index (χ4v) is 3.10. The van der Waals surface area contributed by atoms with E-state index in [1.165, 1.54) is 12.1 Å². The van der Waals surface area contributed by atoms with Crippen LogP contribution in [0.25, 0.3) is 0 Å². The van der Waals surface area contributed by atoms with Crippen LogP contribution in [0.2, 0.25) is 15.1 Å². The minimum absolute atomic E-state index is 0.0694. The summed E-state index contributed by atoms with van der Waals surface area (Å²) in [5.41, 5.74) is 1.12. The molecule has 0 amide bonds. The molecule has 110 valence electrons. The fourth-order valence-electron chi connectivity index (χ4n) is 1.70. The smallest absolute Gasteiger partial charge is 0.281 e. The van der Waals surface area contributed by atoms with Crippen molar-refractivity contribution in [3.05, 3.63) is 68.3 Å². The zero-order valence-electron chi connectivity index (χ0n) is 10.6. The molecular weight excluding hydrogens is 398 g/mol. The molecule has 7 heteroatoms. The summed E-state index contributed by atoms with van der Waals surface area (Å²) in [6, 6.07) is 12.6. The molecule has 2 aromatic rings. The third-order valence-electron chi connectivity index (χ3n) is 2.70. The number of rotatable bonds is 4. The van der Waals surface area contributed by atoms with Crippen molar-refractivity contribution < 1.29 is 4.86 Å². The summed E-state index contributed by atoms with van der Waals surface area (Å²) in [6.45, 7) is 0.253. The number of hydrogen-bond acceptors (Lipinski definition) is 2. The van der Waals surface area contributed by atoms with Gasteiger partial charge in [0, 0.05) is 5.02 Å². The second-order valence-electron chi connectivity index (χ2n) is 4.19. The summed E-state index contributed by atoms with van der Waals surface area (Å²) in [6.07, 6.45) is 0. The lowest BCUT2D eigenvalue weighted by Crippen LogP contribution is -2.00. The lowest BCUT2D eigenvalue weighted by molar-refractivity contribution is -0.442. The van der Waals surface area contributed by atoms with Crippen molar-refractivity contribution in [2.75, 3.05) is 6.54 Å². The maximum atomic E-state index is 12.1. The standard InChI is InChI=1S/C14H10BrCl3N2O/c15-11(9-4-2-1-3-5-9)8-19-20(21)14-12(17)6-10(16)7-13(14)18/h1-7,11H,8H2/t11-/m0/s1. The Morgan fingerprint density at radius 2 is 1.67 bits per heavy atom. The number of azo groups is 1. The molecule has 3 nitrogen and oxygen atoms in total. The summed E-state index contributed by atoms with van der Waals surface area (Å²) in [5.74, 6) is 0. The number of nitrogens with zero attached hydrogens (tertiary/aromatic N) is 2. The van der Waals surface area contributed by atoms with Gasteiger partial charge in [0.2, 0.25) is 0 Å². The van der Waals surface area contributed by atoms with Crippen LogP contribution < -0.4 is 0 Å². The van der Waals surface area contributed by atoms with Crippen molar-refractivity contribution in [1.29, 1.82) is 0 Å². The third-order valence-corrected chi connectivity index (χ3v) is 4.32. The number of benzene rings is 2. The molecule has 0 heterocycles. The van der Waals surface area contributed by atoms with Gasteiger partial charge in [0.1, 0.15) is 16.6 Å². The van der Waals surface area contributed by atoms with Crippen molar-refractivity contribution in [3.63, 3.8) is 0 Å². The maximum absolute atomic E-state index is 12.1. The first kappa shape index (κ1) is 16.6. The molecule has 2 rings (SSSR count). The molecule has 2 aromatic carbocycles. The fraction of sp³-hybridized carbons (Fsp3) is 0.143. The van der Waals surface area contributed by atoms with Crippen LogP contribution in [0.5, 0.6) is 0 Å². The quantitative estimate of drug-likeness (QED) is 0.250. The Hall–Kier alpha value is -0.810. The molecule has 0 aliphatic carbocycles. The van der Waals surface area contributed by atoms with E-state index < -0.39 is 0 Å². The van der Waals surface area contributed by atoms with Crippen molar-refractivity contribution in [2.45, 2.75) is 4.83 Å². The van der Waals surface area contributed by atoms with Crippen molar-refractivity contribution >= 4 is 56.4 Å². The molecule has 0 saturated carbocycles. The Kier molecular flexibility index (Phi) is 5.88. The first-order chi connectivity index (χ1) is 9.99. The average Bonchev–Trinajstić information content (AvgIpc) is 2.44. The van der Waals surface area contributed by atoms with Gasteiger partial charge in [-0.1, -0.05) is 85.9 Å². The minimum Gasteiger partial charge on any atom is -0.594 e. The Bertz CT molecular complexity index is 642. The van der Waals surface area contributed by atoms with Crippen LogP contribution in [-0.2, 0) is 0 Å². The van der Waals surface area contributed by atoms with Gasteiger partial charge in [0.15, 0.2) is 0 Å². The van der Waals surface area contributed by atoms with E-state index in [0.29, 0.717) is 9.88 Å². The molecule has 0 radical (unpaired) electrons. The number of alkyl halides is 1. The van der Waals surface area contributed by atoms with Crippen LogP contribution in [0.1, 0.15) is 10.4 Å². The highest BCUT2D eigenvalue weighted by molar-refractivity contribution is 9.09. The molecule has 0 spiro atoms. The summed E-state index contributed by atoms with van der Waals surface area (Å²) in [7, 11) is 0. The van der Waals surface area contributed by atoms with Crippen LogP contribution in [0.3, 0.4) is 0 Å². The Morgan fingerprint density at radius 1 is 1.10 bits per heavy atom. The van der Waals surface area contributed by atoms with Crippen LogP contribution in [0.15, 0.2) is 47.6 Å². The zero-order chi connectivity index (χ0) is 15.4. The van der Waals surface area contributed by atoms with Crippen LogP contribution in [0, 0.1) is 5.21 Å². The highest BCUT2D eigenvalue weighted by atomic mass is 79.9. The minimum atomic E-state index is -0.0694. The van der Waals surface area contributed by atoms with E-state index in [4.69, 9.17) is 34.8 Å². The monoisotopic (exact) mass is 406 g/mol. The van der Waals surface area contributed by atoms with E-state index in [1.54, 1.807) is 0 Å². The summed E-state index contributed by atoms with van der Waals surface area (Å²) in [5, 5.41) is 16.7. The van der Waals surface area contributed by atoms with Gasteiger partial charge < -0.3 is 5.21 Å². The molecule has 21 heavy (non-hydrogen) atoms. The predicted octanol–water partition coefficient (Wildman–Crippen LogP) is 6.38.